The summed E-state index contributed by atoms with van der Waals surface area (Å²) in [7, 11) is 0. The number of nitrogens with zero attached hydrogens (tertiary/aromatic N) is 3. The van der Waals surface area contributed by atoms with Crippen molar-refractivity contribution in [2.45, 2.75) is 25.7 Å². The van der Waals surface area contributed by atoms with Gasteiger partial charge in [-0.05, 0) is 26.3 Å². The third-order valence-electron chi connectivity index (χ3n) is 3.31. The fourth-order valence-corrected chi connectivity index (χ4v) is 2.34. The van der Waals surface area contributed by atoms with Gasteiger partial charge in [0.15, 0.2) is 5.82 Å². The predicted molar refractivity (Wildman–Crippen MR) is 69.2 cm³/mol. The molecule has 2 aromatic heterocycles. The zero-order chi connectivity index (χ0) is 12.4. The van der Waals surface area contributed by atoms with Crippen molar-refractivity contribution in [3.05, 3.63) is 30.0 Å². The van der Waals surface area contributed by atoms with Crippen molar-refractivity contribution in [2.75, 3.05) is 13.1 Å². The zero-order valence-electron chi connectivity index (χ0n) is 10.5. The van der Waals surface area contributed by atoms with Crippen LogP contribution in [0.1, 0.15) is 30.1 Å². The lowest BCUT2D eigenvalue weighted by molar-refractivity contribution is 0.454. The second-order valence-corrected chi connectivity index (χ2v) is 4.79. The van der Waals surface area contributed by atoms with Crippen LogP contribution in [0.3, 0.4) is 0 Å². The molecule has 5 heteroatoms. The lowest BCUT2D eigenvalue weighted by atomic mass is 9.96. The molecular weight excluding hydrogens is 226 g/mol. The molecule has 2 N–H and O–H groups in total. The van der Waals surface area contributed by atoms with E-state index < -0.39 is 0 Å². The van der Waals surface area contributed by atoms with Gasteiger partial charge in [0.2, 0.25) is 0 Å². The number of piperidine rings is 1. The van der Waals surface area contributed by atoms with Crippen molar-refractivity contribution in [3.63, 3.8) is 0 Å². The van der Waals surface area contributed by atoms with Gasteiger partial charge < -0.3 is 10.3 Å². The Morgan fingerprint density at radius 3 is 2.94 bits per heavy atom. The van der Waals surface area contributed by atoms with Crippen LogP contribution in [0.15, 0.2) is 18.6 Å². The topological polar surface area (TPSA) is 66.5 Å². The van der Waals surface area contributed by atoms with Crippen LogP contribution in [-0.2, 0) is 0 Å². The molecule has 1 aliphatic heterocycles. The van der Waals surface area contributed by atoms with Gasteiger partial charge in [0.1, 0.15) is 5.69 Å². The van der Waals surface area contributed by atoms with Gasteiger partial charge in [-0.15, -0.1) is 0 Å². The number of nitrogens with one attached hydrogen (secondary N) is 2. The Labute approximate surface area is 106 Å². The van der Waals surface area contributed by atoms with Gasteiger partial charge >= 0.3 is 0 Å². The highest BCUT2D eigenvalue weighted by Gasteiger charge is 2.17. The van der Waals surface area contributed by atoms with Crippen molar-refractivity contribution in [1.29, 1.82) is 0 Å². The van der Waals surface area contributed by atoms with Gasteiger partial charge in [0.25, 0.3) is 0 Å². The van der Waals surface area contributed by atoms with E-state index in [9.17, 15) is 0 Å². The molecule has 2 aromatic rings. The molecule has 0 amide bonds. The minimum absolute atomic E-state index is 0.474. The van der Waals surface area contributed by atoms with Crippen LogP contribution in [0.5, 0.6) is 0 Å². The minimum atomic E-state index is 0.474. The summed E-state index contributed by atoms with van der Waals surface area (Å²) in [5, 5.41) is 3.41. The normalized spacial score (nSPS) is 19.9. The van der Waals surface area contributed by atoms with Gasteiger partial charge in [0.05, 0.1) is 11.9 Å². The lowest BCUT2D eigenvalue weighted by Crippen LogP contribution is -2.28. The fourth-order valence-electron chi connectivity index (χ4n) is 2.34. The standard InChI is InChI=1S/C13H17N5/c1-9-5-16-13(17-9)12-8-15-7-11(18-12)10-3-2-4-14-6-10/h5,7-8,10,14H,2-4,6H2,1H3,(H,16,17). The molecule has 1 atom stereocenters. The summed E-state index contributed by atoms with van der Waals surface area (Å²) in [5.74, 6) is 1.27. The highest BCUT2D eigenvalue weighted by molar-refractivity contribution is 5.48. The third-order valence-corrected chi connectivity index (χ3v) is 3.31. The van der Waals surface area contributed by atoms with E-state index in [1.807, 2.05) is 19.3 Å². The molecule has 0 spiro atoms. The van der Waals surface area contributed by atoms with E-state index in [-0.39, 0.29) is 0 Å². The molecule has 0 aliphatic carbocycles. The number of aryl methyl sites for hydroxylation is 1. The average molecular weight is 243 g/mol. The van der Waals surface area contributed by atoms with Crippen molar-refractivity contribution >= 4 is 0 Å². The predicted octanol–water partition coefficient (Wildman–Crippen LogP) is 1.64. The number of aromatic amines is 1. The summed E-state index contributed by atoms with van der Waals surface area (Å²) in [5.41, 5.74) is 2.93. The van der Waals surface area contributed by atoms with E-state index in [2.05, 4.69) is 25.3 Å². The van der Waals surface area contributed by atoms with Crippen molar-refractivity contribution in [2.24, 2.45) is 0 Å². The van der Waals surface area contributed by atoms with E-state index in [1.165, 1.54) is 12.8 Å². The summed E-state index contributed by atoms with van der Waals surface area (Å²) in [4.78, 5) is 16.5. The van der Waals surface area contributed by atoms with Crippen LogP contribution >= 0.6 is 0 Å². The summed E-state index contributed by atoms with van der Waals surface area (Å²) < 4.78 is 0. The van der Waals surface area contributed by atoms with E-state index in [0.29, 0.717) is 5.92 Å². The summed E-state index contributed by atoms with van der Waals surface area (Å²) in [6.07, 6.45) is 7.83. The lowest BCUT2D eigenvalue weighted by Gasteiger charge is -2.22. The fraction of sp³-hybridized carbons (Fsp3) is 0.462. The first-order valence-corrected chi connectivity index (χ1v) is 6.37. The van der Waals surface area contributed by atoms with Gasteiger partial charge in [-0.2, -0.15) is 0 Å². The third kappa shape index (κ3) is 2.26. The molecule has 5 nitrogen and oxygen atoms in total. The second-order valence-electron chi connectivity index (χ2n) is 4.79. The van der Waals surface area contributed by atoms with Gasteiger partial charge in [-0.25, -0.2) is 9.97 Å². The Morgan fingerprint density at radius 2 is 2.22 bits per heavy atom. The smallest absolute Gasteiger partial charge is 0.157 e. The largest absolute Gasteiger partial charge is 0.341 e. The Bertz CT molecular complexity index is 528. The molecule has 1 aliphatic rings. The highest BCUT2D eigenvalue weighted by Crippen LogP contribution is 2.22. The molecule has 0 radical (unpaired) electrons. The number of hydrogen-bond donors (Lipinski definition) is 2. The van der Waals surface area contributed by atoms with Crippen LogP contribution in [-0.4, -0.2) is 33.0 Å². The Morgan fingerprint density at radius 1 is 1.28 bits per heavy atom. The van der Waals surface area contributed by atoms with Crippen LogP contribution in [0.25, 0.3) is 11.5 Å². The van der Waals surface area contributed by atoms with Gasteiger partial charge in [-0.3, -0.25) is 4.98 Å². The van der Waals surface area contributed by atoms with Gasteiger partial charge in [0, 0.05) is 30.6 Å². The number of H-pyrrole nitrogens is 1. The maximum absolute atomic E-state index is 4.68. The Hall–Kier alpha value is -1.75. The average Bonchev–Trinajstić information content (AvgIpc) is 2.87. The van der Waals surface area contributed by atoms with Crippen molar-refractivity contribution in [1.82, 2.24) is 25.3 Å². The number of rotatable bonds is 2. The first-order chi connectivity index (χ1) is 8.83. The molecule has 1 fully saturated rings. The van der Waals surface area contributed by atoms with Crippen LogP contribution in [0.4, 0.5) is 0 Å². The highest BCUT2D eigenvalue weighted by atomic mass is 15.0. The monoisotopic (exact) mass is 243 g/mol. The molecule has 1 unspecified atom stereocenters. The zero-order valence-corrected chi connectivity index (χ0v) is 10.5. The maximum Gasteiger partial charge on any atom is 0.157 e. The Kier molecular flexibility index (Phi) is 3.06. The quantitative estimate of drug-likeness (QED) is 0.841. The first kappa shape index (κ1) is 11.3. The maximum atomic E-state index is 4.68. The Balaban J connectivity index is 1.88. The van der Waals surface area contributed by atoms with E-state index >= 15 is 0 Å². The number of aromatic nitrogens is 4. The first-order valence-electron chi connectivity index (χ1n) is 6.37. The van der Waals surface area contributed by atoms with Crippen LogP contribution in [0, 0.1) is 6.92 Å². The molecular formula is C13H17N5. The molecule has 1 saturated heterocycles. The molecule has 94 valence electrons. The van der Waals surface area contributed by atoms with Crippen molar-refractivity contribution < 1.29 is 0 Å². The molecule has 0 saturated carbocycles. The second kappa shape index (κ2) is 4.86. The molecule has 0 aromatic carbocycles. The number of hydrogen-bond acceptors (Lipinski definition) is 4. The molecule has 0 bridgehead atoms. The van der Waals surface area contributed by atoms with E-state index in [0.717, 1.165) is 36.0 Å². The minimum Gasteiger partial charge on any atom is -0.341 e. The molecule has 18 heavy (non-hydrogen) atoms. The van der Waals surface area contributed by atoms with Crippen molar-refractivity contribution in [3.8, 4) is 11.5 Å². The SMILES string of the molecule is Cc1cnc(-c2cncc(C3CCCNC3)n2)[nH]1. The van der Waals surface area contributed by atoms with E-state index in [1.54, 1.807) is 6.20 Å². The van der Waals surface area contributed by atoms with Crippen LogP contribution < -0.4 is 5.32 Å². The molecule has 3 heterocycles. The number of imidazole rings is 1. The summed E-state index contributed by atoms with van der Waals surface area (Å²) in [6.45, 7) is 4.09. The van der Waals surface area contributed by atoms with Gasteiger partial charge in [-0.1, -0.05) is 0 Å². The summed E-state index contributed by atoms with van der Waals surface area (Å²) >= 11 is 0. The van der Waals surface area contributed by atoms with Crippen LogP contribution in [0.2, 0.25) is 0 Å². The summed E-state index contributed by atoms with van der Waals surface area (Å²) in [6, 6.07) is 0. The molecule has 3 rings (SSSR count). The van der Waals surface area contributed by atoms with E-state index in [4.69, 9.17) is 0 Å².